The van der Waals surface area contributed by atoms with Crippen LogP contribution in [0.5, 0.6) is 0 Å². The van der Waals surface area contributed by atoms with Crippen LogP contribution < -0.4 is 11.1 Å². The third-order valence-corrected chi connectivity index (χ3v) is 4.12. The standard InChI is InChI=1S/C16H24N2O.ClH/c1-12-7-9-14(10-8-12)18-16(19)15(11-17)13-5-3-2-4-6-13;/h2-6,12,14-15H,7-11,17H2,1H3,(H,18,19);1H. The van der Waals surface area contributed by atoms with E-state index in [4.69, 9.17) is 5.73 Å². The van der Waals surface area contributed by atoms with Crippen molar-refractivity contribution in [3.05, 3.63) is 35.9 Å². The van der Waals surface area contributed by atoms with E-state index in [9.17, 15) is 4.79 Å². The first kappa shape index (κ1) is 17.0. The number of amides is 1. The summed E-state index contributed by atoms with van der Waals surface area (Å²) in [6.07, 6.45) is 4.62. The first-order valence-electron chi connectivity index (χ1n) is 7.26. The zero-order valence-corrected chi connectivity index (χ0v) is 12.9. The molecule has 0 saturated heterocycles. The number of rotatable bonds is 4. The van der Waals surface area contributed by atoms with E-state index in [0.29, 0.717) is 12.6 Å². The molecule has 0 spiro atoms. The lowest BCUT2D eigenvalue weighted by molar-refractivity contribution is -0.123. The Bertz CT molecular complexity index is 402. The van der Waals surface area contributed by atoms with Crippen molar-refractivity contribution < 1.29 is 4.79 Å². The number of carbonyl (C=O) groups excluding carboxylic acids is 1. The van der Waals surface area contributed by atoms with Crippen LogP contribution in [0.3, 0.4) is 0 Å². The fourth-order valence-corrected chi connectivity index (χ4v) is 2.79. The van der Waals surface area contributed by atoms with Crippen molar-refractivity contribution in [3.63, 3.8) is 0 Å². The molecule has 1 aromatic rings. The van der Waals surface area contributed by atoms with Crippen molar-refractivity contribution in [2.45, 2.75) is 44.6 Å². The number of hydrogen-bond donors (Lipinski definition) is 2. The van der Waals surface area contributed by atoms with Gasteiger partial charge in [-0.3, -0.25) is 4.79 Å². The molecule has 20 heavy (non-hydrogen) atoms. The van der Waals surface area contributed by atoms with Gasteiger partial charge in [-0.15, -0.1) is 12.4 Å². The molecule has 0 aromatic heterocycles. The molecule has 1 saturated carbocycles. The van der Waals surface area contributed by atoms with Crippen LogP contribution in [0.15, 0.2) is 30.3 Å². The maximum Gasteiger partial charge on any atom is 0.229 e. The van der Waals surface area contributed by atoms with Crippen molar-refractivity contribution in [2.24, 2.45) is 11.7 Å². The van der Waals surface area contributed by atoms with Crippen LogP contribution in [-0.2, 0) is 4.79 Å². The van der Waals surface area contributed by atoms with Crippen LogP contribution in [-0.4, -0.2) is 18.5 Å². The Morgan fingerprint density at radius 1 is 1.25 bits per heavy atom. The Morgan fingerprint density at radius 2 is 1.85 bits per heavy atom. The Kier molecular flexibility index (Phi) is 7.03. The number of nitrogens with one attached hydrogen (secondary N) is 1. The van der Waals surface area contributed by atoms with Crippen LogP contribution in [0, 0.1) is 5.92 Å². The van der Waals surface area contributed by atoms with Gasteiger partial charge in [0.25, 0.3) is 0 Å². The quantitative estimate of drug-likeness (QED) is 0.897. The molecule has 0 aliphatic heterocycles. The number of halogens is 1. The van der Waals surface area contributed by atoms with Crippen molar-refractivity contribution in [3.8, 4) is 0 Å². The summed E-state index contributed by atoms with van der Waals surface area (Å²) in [5.74, 6) is 0.654. The summed E-state index contributed by atoms with van der Waals surface area (Å²) in [5, 5.41) is 3.17. The van der Waals surface area contributed by atoms with Crippen molar-refractivity contribution >= 4 is 18.3 Å². The molecule has 0 heterocycles. The highest BCUT2D eigenvalue weighted by Gasteiger charge is 2.24. The van der Waals surface area contributed by atoms with E-state index in [0.717, 1.165) is 24.3 Å². The number of hydrogen-bond acceptors (Lipinski definition) is 2. The van der Waals surface area contributed by atoms with Crippen LogP contribution >= 0.6 is 12.4 Å². The summed E-state index contributed by atoms with van der Waals surface area (Å²) in [4.78, 5) is 12.3. The molecule has 1 aliphatic rings. The molecule has 4 heteroatoms. The minimum atomic E-state index is -0.222. The minimum Gasteiger partial charge on any atom is -0.353 e. The van der Waals surface area contributed by atoms with E-state index in [1.807, 2.05) is 30.3 Å². The molecular formula is C16H25ClN2O. The van der Waals surface area contributed by atoms with Crippen LogP contribution in [0.1, 0.15) is 44.1 Å². The summed E-state index contributed by atoms with van der Waals surface area (Å²) < 4.78 is 0. The minimum absolute atomic E-state index is 0. The summed E-state index contributed by atoms with van der Waals surface area (Å²) in [6, 6.07) is 10.1. The van der Waals surface area contributed by atoms with Gasteiger partial charge in [-0.05, 0) is 37.2 Å². The van der Waals surface area contributed by atoms with E-state index in [-0.39, 0.29) is 24.2 Å². The second-order valence-corrected chi connectivity index (χ2v) is 5.66. The van der Waals surface area contributed by atoms with Gasteiger partial charge in [0.05, 0.1) is 5.92 Å². The molecule has 1 aromatic carbocycles. The summed E-state index contributed by atoms with van der Waals surface area (Å²) in [6.45, 7) is 2.64. The zero-order chi connectivity index (χ0) is 13.7. The number of nitrogens with two attached hydrogens (primary N) is 1. The number of carbonyl (C=O) groups is 1. The molecule has 1 amide bonds. The molecule has 0 bridgehead atoms. The predicted octanol–water partition coefficient (Wildman–Crippen LogP) is 2.85. The molecule has 1 atom stereocenters. The highest BCUT2D eigenvalue weighted by molar-refractivity contribution is 5.85. The van der Waals surface area contributed by atoms with Crippen LogP contribution in [0.25, 0.3) is 0 Å². The van der Waals surface area contributed by atoms with Gasteiger partial charge < -0.3 is 11.1 Å². The number of benzene rings is 1. The fraction of sp³-hybridized carbons (Fsp3) is 0.562. The summed E-state index contributed by atoms with van der Waals surface area (Å²) >= 11 is 0. The van der Waals surface area contributed by atoms with E-state index >= 15 is 0 Å². The molecule has 1 unspecified atom stereocenters. The van der Waals surface area contributed by atoms with Gasteiger partial charge in [0, 0.05) is 12.6 Å². The molecule has 112 valence electrons. The Balaban J connectivity index is 0.00000200. The highest BCUT2D eigenvalue weighted by Crippen LogP contribution is 2.24. The monoisotopic (exact) mass is 296 g/mol. The predicted molar refractivity (Wildman–Crippen MR) is 85.0 cm³/mol. The molecule has 3 N–H and O–H groups in total. The molecular weight excluding hydrogens is 272 g/mol. The topological polar surface area (TPSA) is 55.1 Å². The van der Waals surface area contributed by atoms with E-state index in [1.165, 1.54) is 12.8 Å². The maximum atomic E-state index is 12.3. The van der Waals surface area contributed by atoms with E-state index in [2.05, 4.69) is 12.2 Å². The zero-order valence-electron chi connectivity index (χ0n) is 12.0. The van der Waals surface area contributed by atoms with Crippen molar-refractivity contribution in [2.75, 3.05) is 6.54 Å². The average molecular weight is 297 g/mol. The average Bonchev–Trinajstić information content (AvgIpc) is 2.43. The third kappa shape index (κ3) is 4.50. The molecule has 1 fully saturated rings. The lowest BCUT2D eigenvalue weighted by Gasteiger charge is -2.28. The van der Waals surface area contributed by atoms with Gasteiger partial charge in [-0.25, -0.2) is 0 Å². The SMILES string of the molecule is CC1CCC(NC(=O)C(CN)c2ccccc2)CC1.Cl. The van der Waals surface area contributed by atoms with E-state index in [1.54, 1.807) is 0 Å². The van der Waals surface area contributed by atoms with Crippen molar-refractivity contribution in [1.82, 2.24) is 5.32 Å². The molecule has 2 rings (SSSR count). The summed E-state index contributed by atoms with van der Waals surface area (Å²) in [5.41, 5.74) is 6.78. The Hall–Kier alpha value is -1.06. The Morgan fingerprint density at radius 3 is 2.40 bits per heavy atom. The third-order valence-electron chi connectivity index (χ3n) is 4.12. The maximum absolute atomic E-state index is 12.3. The second-order valence-electron chi connectivity index (χ2n) is 5.66. The van der Waals surface area contributed by atoms with Gasteiger partial charge in [0.1, 0.15) is 0 Å². The largest absolute Gasteiger partial charge is 0.353 e. The van der Waals surface area contributed by atoms with Gasteiger partial charge >= 0.3 is 0 Å². The normalized spacial score (nSPS) is 23.5. The van der Waals surface area contributed by atoms with Gasteiger partial charge in [0.2, 0.25) is 5.91 Å². The van der Waals surface area contributed by atoms with E-state index < -0.39 is 0 Å². The first-order valence-corrected chi connectivity index (χ1v) is 7.26. The molecule has 1 aliphatic carbocycles. The first-order chi connectivity index (χ1) is 9.20. The van der Waals surface area contributed by atoms with Crippen LogP contribution in [0.4, 0.5) is 0 Å². The molecule has 0 radical (unpaired) electrons. The Labute approximate surface area is 127 Å². The fourth-order valence-electron chi connectivity index (χ4n) is 2.79. The summed E-state index contributed by atoms with van der Waals surface area (Å²) in [7, 11) is 0. The highest BCUT2D eigenvalue weighted by atomic mass is 35.5. The van der Waals surface area contributed by atoms with Crippen molar-refractivity contribution in [1.29, 1.82) is 0 Å². The van der Waals surface area contributed by atoms with Gasteiger partial charge in [0.15, 0.2) is 0 Å². The van der Waals surface area contributed by atoms with Gasteiger partial charge in [-0.1, -0.05) is 37.3 Å². The second kappa shape index (κ2) is 8.28. The smallest absolute Gasteiger partial charge is 0.229 e. The van der Waals surface area contributed by atoms with Gasteiger partial charge in [-0.2, -0.15) is 0 Å². The lowest BCUT2D eigenvalue weighted by Crippen LogP contribution is -2.41. The lowest BCUT2D eigenvalue weighted by atomic mass is 9.87. The molecule has 3 nitrogen and oxygen atoms in total. The van der Waals surface area contributed by atoms with Crippen LogP contribution in [0.2, 0.25) is 0 Å².